The van der Waals surface area contributed by atoms with Crippen LogP contribution in [-0.2, 0) is 4.52 Å². The number of aliphatic hydroxyl groups is 2. The molecule has 0 aliphatic rings. The normalized spacial score (nSPS) is 15.2. The molecule has 0 bridgehead atoms. The predicted molar refractivity (Wildman–Crippen MR) is 37.5 cm³/mol. The summed E-state index contributed by atoms with van der Waals surface area (Å²) in [5, 5.41) is 16.8. The van der Waals surface area contributed by atoms with Crippen molar-refractivity contribution in [1.29, 1.82) is 0 Å². The summed E-state index contributed by atoms with van der Waals surface area (Å²) in [4.78, 5) is 17.0. The maximum atomic E-state index is 8.61. The Hall–Kier alpha value is 0.100. The molecule has 0 saturated carbocycles. The molecule has 0 spiro atoms. The summed E-state index contributed by atoms with van der Waals surface area (Å²) in [7, 11) is -3.50. The Balaban J connectivity index is 3.46. The molecule has 0 aromatic heterocycles. The molecule has 0 saturated heterocycles. The third kappa shape index (κ3) is 6.22. The van der Waals surface area contributed by atoms with Crippen molar-refractivity contribution < 1.29 is 24.5 Å². The van der Waals surface area contributed by atoms with Crippen LogP contribution in [0.15, 0.2) is 0 Å². The van der Waals surface area contributed by atoms with E-state index in [2.05, 4.69) is 10.8 Å². The van der Waals surface area contributed by atoms with Crippen molar-refractivity contribution in [3.63, 3.8) is 0 Å². The van der Waals surface area contributed by atoms with Crippen molar-refractivity contribution in [2.24, 2.45) is 0 Å². The topological polar surface area (TPSA) is 90.2 Å². The van der Waals surface area contributed by atoms with Gasteiger partial charge >= 0.3 is 0 Å². The zero-order valence-electron chi connectivity index (χ0n) is 5.34. The van der Waals surface area contributed by atoms with Gasteiger partial charge in [0, 0.05) is 0 Å². The van der Waals surface area contributed by atoms with Gasteiger partial charge in [0.15, 0.2) is 0 Å². The predicted octanol–water partition coefficient (Wildman–Crippen LogP) is -1.46. The van der Waals surface area contributed by atoms with Crippen molar-refractivity contribution >= 4 is 13.9 Å². The van der Waals surface area contributed by atoms with E-state index in [1.165, 1.54) is 0 Å². The van der Waals surface area contributed by atoms with Gasteiger partial charge in [0.05, 0.1) is 13.2 Å². The Morgan fingerprint density at radius 3 is 2.30 bits per heavy atom. The first-order valence-electron chi connectivity index (χ1n) is 2.58. The average Bonchev–Trinajstić information content (AvgIpc) is 1.81. The van der Waals surface area contributed by atoms with Gasteiger partial charge in [-0.15, -0.1) is 0 Å². The summed E-state index contributed by atoms with van der Waals surface area (Å²) in [5.41, 5.74) is 0. The maximum absolute atomic E-state index is 8.61. The Morgan fingerprint density at radius 2 is 2.00 bits per heavy atom. The van der Waals surface area contributed by atoms with Crippen molar-refractivity contribution in [1.82, 2.24) is 0 Å². The average molecular weight is 170 g/mol. The van der Waals surface area contributed by atoms with E-state index in [1.807, 2.05) is 0 Å². The molecule has 1 unspecified atom stereocenters. The fraction of sp³-hybridized carbons (Fsp3) is 0.750. The third-order valence-electron chi connectivity index (χ3n) is 0.684. The first kappa shape index (κ1) is 10.1. The molecule has 62 valence electrons. The van der Waals surface area contributed by atoms with E-state index >= 15 is 0 Å². The number of hydrogen-bond acceptors (Lipinski definition) is 5. The van der Waals surface area contributed by atoms with Gasteiger partial charge in [-0.2, -0.15) is 0 Å². The quantitative estimate of drug-likeness (QED) is 0.387. The third-order valence-corrected chi connectivity index (χ3v) is 1.25. The van der Waals surface area contributed by atoms with E-state index in [-0.39, 0.29) is 6.61 Å². The summed E-state index contributed by atoms with van der Waals surface area (Å²) in [6.45, 7) is -0.791. The van der Waals surface area contributed by atoms with Crippen molar-refractivity contribution in [3.8, 4) is 0 Å². The number of rotatable bonds is 4. The van der Waals surface area contributed by atoms with Gasteiger partial charge in [-0.25, -0.2) is 0 Å². The molecule has 0 fully saturated rings. The van der Waals surface area contributed by atoms with Gasteiger partial charge in [0.1, 0.15) is 6.10 Å². The van der Waals surface area contributed by atoms with Crippen LogP contribution in [0.2, 0.25) is 0 Å². The molecule has 0 heterocycles. The first-order chi connectivity index (χ1) is 4.45. The van der Waals surface area contributed by atoms with Gasteiger partial charge in [-0.3, -0.25) is 0 Å². The van der Waals surface area contributed by atoms with Crippen LogP contribution in [0.1, 0.15) is 0 Å². The molecule has 5 nitrogen and oxygen atoms in total. The second-order valence-electron chi connectivity index (χ2n) is 1.80. The lowest BCUT2D eigenvalue weighted by Gasteiger charge is -2.12. The molecule has 0 rings (SSSR count). The van der Waals surface area contributed by atoms with E-state index in [0.717, 1.165) is 0 Å². The van der Waals surface area contributed by atoms with Gasteiger partial charge in [-0.1, -0.05) is 0 Å². The summed E-state index contributed by atoms with van der Waals surface area (Å²) in [6, 6.07) is 0. The molecule has 0 radical (unpaired) electrons. The Bertz CT molecular complexity index is 130. The lowest BCUT2D eigenvalue weighted by atomic mass is 10.4. The van der Waals surface area contributed by atoms with Crippen LogP contribution in [0, 0.1) is 0 Å². The highest BCUT2D eigenvalue weighted by atomic mass is 31.2. The minimum Gasteiger partial charge on any atom is -0.394 e. The molecule has 6 heteroatoms. The Labute approximate surface area is 58.7 Å². The van der Waals surface area contributed by atoms with Crippen LogP contribution in [0.3, 0.4) is 0 Å². The molecule has 4 N–H and O–H groups in total. The van der Waals surface area contributed by atoms with Crippen LogP contribution < -0.4 is 0 Å². The molecular weight excluding hydrogens is 159 g/mol. The van der Waals surface area contributed by atoms with E-state index < -0.39 is 20.3 Å². The van der Waals surface area contributed by atoms with Gasteiger partial charge in [0.2, 0.25) is 7.57 Å². The highest BCUT2D eigenvalue weighted by molar-refractivity contribution is 7.57. The molecule has 0 amide bonds. The smallest absolute Gasteiger partial charge is 0.245 e. The molecule has 0 aromatic rings. The highest BCUT2D eigenvalue weighted by Gasteiger charge is 2.08. The molecular formula is C4H11O5P. The molecule has 1 atom stereocenters. The maximum Gasteiger partial charge on any atom is 0.245 e. The summed E-state index contributed by atoms with van der Waals surface area (Å²) in [6.07, 6.45) is 1.80. The first-order valence-corrected chi connectivity index (χ1v) is 4.38. The van der Waals surface area contributed by atoms with Crippen LogP contribution >= 0.6 is 7.57 Å². The lowest BCUT2D eigenvalue weighted by Crippen LogP contribution is -2.18. The number of aliphatic hydroxyl groups excluding tert-OH is 2. The van der Waals surface area contributed by atoms with E-state index in [1.54, 1.807) is 0 Å². The second-order valence-corrected chi connectivity index (χ2v) is 3.38. The largest absolute Gasteiger partial charge is 0.394 e. The fourth-order valence-corrected chi connectivity index (χ4v) is 0.669. The van der Waals surface area contributed by atoms with Gasteiger partial charge < -0.3 is 24.5 Å². The van der Waals surface area contributed by atoms with E-state index in [9.17, 15) is 0 Å². The van der Waals surface area contributed by atoms with Crippen molar-refractivity contribution in [2.45, 2.75) is 6.10 Å². The van der Waals surface area contributed by atoms with Crippen LogP contribution in [0.4, 0.5) is 0 Å². The number of hydrogen-bond donors (Lipinski definition) is 4. The fourth-order valence-electron chi connectivity index (χ4n) is 0.258. The van der Waals surface area contributed by atoms with E-state index in [0.29, 0.717) is 0 Å². The molecule has 0 aromatic carbocycles. The van der Waals surface area contributed by atoms with Gasteiger partial charge in [-0.05, 0) is 6.30 Å². The van der Waals surface area contributed by atoms with Crippen molar-refractivity contribution in [3.05, 3.63) is 0 Å². The SMILES string of the molecule is C=P(O)(O)OCC(O)CO. The highest BCUT2D eigenvalue weighted by Crippen LogP contribution is 2.34. The summed E-state index contributed by atoms with van der Waals surface area (Å²) in [5.74, 6) is 0. The van der Waals surface area contributed by atoms with Crippen molar-refractivity contribution in [2.75, 3.05) is 13.2 Å². The molecule has 0 aliphatic heterocycles. The summed E-state index contributed by atoms with van der Waals surface area (Å²) < 4.78 is 4.28. The van der Waals surface area contributed by atoms with Crippen LogP contribution in [-0.4, -0.2) is 45.6 Å². The monoisotopic (exact) mass is 170 g/mol. The summed E-state index contributed by atoms with van der Waals surface area (Å²) >= 11 is 0. The standard InChI is InChI=1S/C4H11O5P/c1-10(7,8)9-3-4(6)2-5/h4-8H,1-3H2. The zero-order valence-corrected chi connectivity index (χ0v) is 6.24. The van der Waals surface area contributed by atoms with Crippen LogP contribution in [0.25, 0.3) is 0 Å². The lowest BCUT2D eigenvalue weighted by molar-refractivity contribution is 0.0485. The van der Waals surface area contributed by atoms with Gasteiger partial charge in [0.25, 0.3) is 0 Å². The zero-order chi connectivity index (χ0) is 8.20. The molecule has 10 heavy (non-hydrogen) atoms. The minimum absolute atomic E-state index is 0.319. The molecule has 0 aliphatic carbocycles. The minimum atomic E-state index is -3.50. The Morgan fingerprint density at radius 1 is 1.50 bits per heavy atom. The Kier molecular flexibility index (Phi) is 4.12. The van der Waals surface area contributed by atoms with Crippen LogP contribution in [0.5, 0.6) is 0 Å². The second kappa shape index (κ2) is 4.08. The van der Waals surface area contributed by atoms with E-state index in [4.69, 9.17) is 20.0 Å².